The second-order valence-electron chi connectivity index (χ2n) is 7.22. The molecule has 1 N–H and O–H groups in total. The van der Waals surface area contributed by atoms with E-state index < -0.39 is 0 Å². The molecule has 1 amide bonds. The fourth-order valence-corrected chi connectivity index (χ4v) is 4.02. The Morgan fingerprint density at radius 2 is 2.03 bits per heavy atom. The van der Waals surface area contributed by atoms with Crippen LogP contribution in [0.5, 0.6) is 0 Å². The third-order valence-corrected chi connectivity index (χ3v) is 5.81. The number of aryl methyl sites for hydroxylation is 1. The molecule has 2 aromatic heterocycles. The molecule has 1 aliphatic heterocycles. The van der Waals surface area contributed by atoms with E-state index in [9.17, 15) is 4.79 Å². The summed E-state index contributed by atoms with van der Waals surface area (Å²) >= 11 is 1.59. The summed E-state index contributed by atoms with van der Waals surface area (Å²) in [5.74, 6) is 1.04. The number of para-hydroxylation sites is 1. The summed E-state index contributed by atoms with van der Waals surface area (Å²) in [6, 6.07) is 10.2. The summed E-state index contributed by atoms with van der Waals surface area (Å²) in [6.07, 6.45) is 0.755. The molecule has 3 aromatic rings. The summed E-state index contributed by atoms with van der Waals surface area (Å²) in [5, 5.41) is 10.9. The van der Waals surface area contributed by atoms with Gasteiger partial charge in [0.2, 0.25) is 17.6 Å². The fraction of sp³-hybridized carbons (Fsp3) is 0.381. The second kappa shape index (κ2) is 9.19. The number of carbonyl (C=O) groups is 1. The Morgan fingerprint density at radius 3 is 2.83 bits per heavy atom. The van der Waals surface area contributed by atoms with Gasteiger partial charge in [0.25, 0.3) is 0 Å². The van der Waals surface area contributed by atoms with E-state index in [2.05, 4.69) is 50.5 Å². The highest BCUT2D eigenvalue weighted by molar-refractivity contribution is 7.08. The van der Waals surface area contributed by atoms with Crippen LogP contribution in [0.15, 0.2) is 45.6 Å². The van der Waals surface area contributed by atoms with Gasteiger partial charge in [-0.15, -0.1) is 0 Å². The molecule has 0 spiro atoms. The molecule has 0 saturated carbocycles. The van der Waals surface area contributed by atoms with Crippen LogP contribution in [0.4, 0.5) is 5.69 Å². The summed E-state index contributed by atoms with van der Waals surface area (Å²) < 4.78 is 5.26. The molecule has 1 aromatic carbocycles. The minimum absolute atomic E-state index is 0.0199. The van der Waals surface area contributed by atoms with E-state index >= 15 is 0 Å². The van der Waals surface area contributed by atoms with Crippen LogP contribution in [0.25, 0.3) is 11.4 Å². The first-order valence-electron chi connectivity index (χ1n) is 9.82. The molecule has 152 valence electrons. The lowest BCUT2D eigenvalue weighted by Gasteiger charge is -2.35. The number of piperazine rings is 1. The average Bonchev–Trinajstić information content (AvgIpc) is 3.43. The molecule has 0 aliphatic carbocycles. The van der Waals surface area contributed by atoms with Crippen molar-refractivity contribution in [2.24, 2.45) is 0 Å². The number of hydrogen-bond acceptors (Lipinski definition) is 7. The molecule has 4 rings (SSSR count). The topological polar surface area (TPSA) is 74.5 Å². The van der Waals surface area contributed by atoms with E-state index in [0.717, 1.165) is 37.3 Å². The predicted octanol–water partition coefficient (Wildman–Crippen LogP) is 2.80. The van der Waals surface area contributed by atoms with Crippen molar-refractivity contribution >= 4 is 22.9 Å². The number of likely N-dealkylation sites (N-methyl/N-ethyl adjacent to an activating group) is 1. The molecule has 1 saturated heterocycles. The van der Waals surface area contributed by atoms with Gasteiger partial charge in [0.1, 0.15) is 0 Å². The van der Waals surface area contributed by atoms with Crippen LogP contribution in [-0.2, 0) is 17.8 Å². The zero-order chi connectivity index (χ0) is 20.1. The number of rotatable bonds is 7. The van der Waals surface area contributed by atoms with Gasteiger partial charge in [0.05, 0.1) is 0 Å². The van der Waals surface area contributed by atoms with Crippen molar-refractivity contribution < 1.29 is 9.32 Å². The first-order valence-corrected chi connectivity index (χ1v) is 10.8. The minimum Gasteiger partial charge on any atom is -0.369 e. The van der Waals surface area contributed by atoms with Crippen LogP contribution in [0.2, 0.25) is 0 Å². The van der Waals surface area contributed by atoms with Crippen LogP contribution in [0.3, 0.4) is 0 Å². The molecular formula is C21H25N5O2S. The van der Waals surface area contributed by atoms with Gasteiger partial charge in [-0.3, -0.25) is 4.79 Å². The number of hydrogen-bond donors (Lipinski definition) is 1. The van der Waals surface area contributed by atoms with Crippen molar-refractivity contribution in [2.75, 3.05) is 38.1 Å². The van der Waals surface area contributed by atoms with Gasteiger partial charge in [-0.1, -0.05) is 23.4 Å². The first kappa shape index (κ1) is 19.6. The van der Waals surface area contributed by atoms with E-state index in [1.165, 1.54) is 5.69 Å². The highest BCUT2D eigenvalue weighted by Crippen LogP contribution is 2.22. The Morgan fingerprint density at radius 1 is 1.21 bits per heavy atom. The van der Waals surface area contributed by atoms with Gasteiger partial charge in [-0.05, 0) is 30.1 Å². The van der Waals surface area contributed by atoms with Crippen LogP contribution >= 0.6 is 11.3 Å². The van der Waals surface area contributed by atoms with Crippen molar-refractivity contribution in [1.82, 2.24) is 20.4 Å². The third-order valence-electron chi connectivity index (χ3n) is 5.12. The van der Waals surface area contributed by atoms with Gasteiger partial charge >= 0.3 is 0 Å². The Bertz CT molecular complexity index is 932. The highest BCUT2D eigenvalue weighted by atomic mass is 32.1. The maximum absolute atomic E-state index is 12.3. The van der Waals surface area contributed by atoms with E-state index in [1.807, 2.05) is 22.9 Å². The summed E-state index contributed by atoms with van der Waals surface area (Å²) in [7, 11) is 2.15. The van der Waals surface area contributed by atoms with Crippen molar-refractivity contribution in [1.29, 1.82) is 0 Å². The van der Waals surface area contributed by atoms with Crippen molar-refractivity contribution in [3.63, 3.8) is 0 Å². The number of amides is 1. The van der Waals surface area contributed by atoms with Crippen molar-refractivity contribution in [2.45, 2.75) is 19.4 Å². The van der Waals surface area contributed by atoms with Gasteiger partial charge in [-0.2, -0.15) is 16.3 Å². The number of carbonyl (C=O) groups excluding carboxylic acids is 1. The Hall–Kier alpha value is -2.71. The number of anilines is 1. The minimum atomic E-state index is -0.0199. The molecule has 1 aliphatic rings. The predicted molar refractivity (Wildman–Crippen MR) is 114 cm³/mol. The van der Waals surface area contributed by atoms with Crippen molar-refractivity contribution in [3.8, 4) is 11.4 Å². The number of benzene rings is 1. The zero-order valence-electron chi connectivity index (χ0n) is 16.5. The normalized spacial score (nSPS) is 14.9. The van der Waals surface area contributed by atoms with Crippen LogP contribution in [0.1, 0.15) is 17.9 Å². The van der Waals surface area contributed by atoms with Gasteiger partial charge in [0, 0.05) is 62.2 Å². The highest BCUT2D eigenvalue weighted by Gasteiger charge is 2.17. The zero-order valence-corrected chi connectivity index (χ0v) is 17.3. The van der Waals surface area contributed by atoms with Crippen LogP contribution in [-0.4, -0.2) is 54.2 Å². The fourth-order valence-electron chi connectivity index (χ4n) is 3.38. The Kier molecular flexibility index (Phi) is 6.21. The molecule has 1 fully saturated rings. The molecule has 8 heteroatoms. The van der Waals surface area contributed by atoms with E-state index in [4.69, 9.17) is 4.52 Å². The summed E-state index contributed by atoms with van der Waals surface area (Å²) in [4.78, 5) is 21.4. The monoisotopic (exact) mass is 411 g/mol. The Labute approximate surface area is 174 Å². The number of nitrogens with one attached hydrogen (secondary N) is 1. The molecule has 0 radical (unpaired) electrons. The number of thiophene rings is 1. The Balaban J connectivity index is 1.29. The lowest BCUT2D eigenvalue weighted by molar-refractivity contribution is -0.121. The second-order valence-corrected chi connectivity index (χ2v) is 8.00. The molecule has 0 bridgehead atoms. The van der Waals surface area contributed by atoms with E-state index in [-0.39, 0.29) is 5.91 Å². The van der Waals surface area contributed by atoms with Crippen LogP contribution < -0.4 is 10.2 Å². The summed E-state index contributed by atoms with van der Waals surface area (Å²) in [5.41, 5.74) is 3.29. The summed E-state index contributed by atoms with van der Waals surface area (Å²) in [6.45, 7) is 4.64. The number of nitrogens with zero attached hydrogens (tertiary/aromatic N) is 4. The molecule has 0 atom stereocenters. The third kappa shape index (κ3) is 5.02. The lowest BCUT2D eigenvalue weighted by Crippen LogP contribution is -2.45. The lowest BCUT2D eigenvalue weighted by atomic mass is 10.1. The smallest absolute Gasteiger partial charge is 0.227 e. The molecule has 0 unspecified atom stereocenters. The maximum atomic E-state index is 12.3. The largest absolute Gasteiger partial charge is 0.369 e. The first-order chi connectivity index (χ1) is 14.2. The van der Waals surface area contributed by atoms with Crippen LogP contribution in [0, 0.1) is 0 Å². The van der Waals surface area contributed by atoms with E-state index in [0.29, 0.717) is 31.1 Å². The SMILES string of the molecule is CN1CCN(c2ccccc2CNC(=O)CCc2nc(-c3ccsc3)no2)CC1. The number of aromatic nitrogens is 2. The quantitative estimate of drug-likeness (QED) is 0.644. The molecular weight excluding hydrogens is 386 g/mol. The maximum Gasteiger partial charge on any atom is 0.227 e. The van der Waals surface area contributed by atoms with Gasteiger partial charge < -0.3 is 19.6 Å². The van der Waals surface area contributed by atoms with Gasteiger partial charge in [-0.25, -0.2) is 0 Å². The average molecular weight is 412 g/mol. The molecule has 7 nitrogen and oxygen atoms in total. The van der Waals surface area contributed by atoms with E-state index in [1.54, 1.807) is 11.3 Å². The van der Waals surface area contributed by atoms with Gasteiger partial charge in [0.15, 0.2) is 0 Å². The standard InChI is InChI=1S/C21H25N5O2S/c1-25-9-11-26(12-10-25)18-5-3-2-4-16(18)14-22-19(27)6-7-20-23-21(24-28-20)17-8-13-29-15-17/h2-5,8,13,15H,6-7,9-12,14H2,1H3,(H,22,27). The molecule has 29 heavy (non-hydrogen) atoms. The molecule has 3 heterocycles. The van der Waals surface area contributed by atoms with Crippen molar-refractivity contribution in [3.05, 3.63) is 52.5 Å².